The van der Waals surface area contributed by atoms with Gasteiger partial charge in [-0.2, -0.15) is 9.90 Å². The lowest BCUT2D eigenvalue weighted by Crippen LogP contribution is -2.33. The number of para-hydroxylation sites is 1. The number of carbonyl (C=O) groups is 1. The molecule has 0 unspecified atom stereocenters. The van der Waals surface area contributed by atoms with Gasteiger partial charge in [0.2, 0.25) is 0 Å². The van der Waals surface area contributed by atoms with Crippen LogP contribution >= 0.6 is 11.8 Å². The van der Waals surface area contributed by atoms with E-state index in [2.05, 4.69) is 10.2 Å². The Balaban J connectivity index is 1.45. The molecule has 25 heavy (non-hydrogen) atoms. The largest absolute Gasteiger partial charge is 0.468 e. The van der Waals surface area contributed by atoms with Crippen molar-refractivity contribution in [1.29, 1.82) is 0 Å². The maximum absolute atomic E-state index is 12.8. The van der Waals surface area contributed by atoms with Crippen LogP contribution in [0.4, 0.5) is 0 Å². The second-order valence-electron chi connectivity index (χ2n) is 5.81. The molecule has 6 nitrogen and oxygen atoms in total. The van der Waals surface area contributed by atoms with Crippen LogP contribution < -0.4 is 0 Å². The van der Waals surface area contributed by atoms with Crippen molar-refractivity contribution in [3.8, 4) is 5.69 Å². The number of hydrogen-bond acceptors (Lipinski definition) is 5. The number of furan rings is 1. The van der Waals surface area contributed by atoms with E-state index in [1.165, 1.54) is 11.0 Å². The van der Waals surface area contributed by atoms with E-state index in [-0.39, 0.29) is 5.91 Å². The Morgan fingerprint density at radius 2 is 2.04 bits per heavy atom. The van der Waals surface area contributed by atoms with Crippen LogP contribution in [0, 0.1) is 0 Å². The van der Waals surface area contributed by atoms with Crippen LogP contribution in [-0.2, 0) is 0 Å². The Hall–Kier alpha value is -2.54. The van der Waals surface area contributed by atoms with Crippen molar-refractivity contribution in [2.45, 2.75) is 11.7 Å². The van der Waals surface area contributed by atoms with E-state index >= 15 is 0 Å². The molecule has 1 atom stereocenters. The summed E-state index contributed by atoms with van der Waals surface area (Å²) in [5.41, 5.74) is 1.22. The Bertz CT molecular complexity index is 832. The third-order valence-corrected chi connectivity index (χ3v) is 5.48. The van der Waals surface area contributed by atoms with E-state index in [0.29, 0.717) is 24.0 Å². The monoisotopic (exact) mass is 354 g/mol. The summed E-state index contributed by atoms with van der Waals surface area (Å²) >= 11 is 1.83. The van der Waals surface area contributed by atoms with Crippen LogP contribution in [0.3, 0.4) is 0 Å². The summed E-state index contributed by atoms with van der Waals surface area (Å²) in [7, 11) is 0. The number of aromatic nitrogens is 3. The average molecular weight is 354 g/mol. The summed E-state index contributed by atoms with van der Waals surface area (Å²) in [6, 6.07) is 13.5. The molecule has 0 bridgehead atoms. The van der Waals surface area contributed by atoms with E-state index in [1.807, 2.05) is 59.1 Å². The minimum absolute atomic E-state index is 0.0668. The number of benzene rings is 1. The lowest BCUT2D eigenvalue weighted by Gasteiger charge is -2.18. The van der Waals surface area contributed by atoms with Crippen LogP contribution in [0.25, 0.3) is 5.69 Å². The molecule has 3 heterocycles. The Morgan fingerprint density at radius 1 is 1.16 bits per heavy atom. The minimum Gasteiger partial charge on any atom is -0.468 e. The van der Waals surface area contributed by atoms with Crippen LogP contribution in [-0.4, -0.2) is 44.6 Å². The first-order chi connectivity index (χ1) is 12.3. The minimum atomic E-state index is -0.0668. The van der Waals surface area contributed by atoms with Crippen LogP contribution in [0.2, 0.25) is 0 Å². The lowest BCUT2D eigenvalue weighted by atomic mass is 10.2. The quantitative estimate of drug-likeness (QED) is 0.723. The molecule has 1 aliphatic rings. The molecular formula is C18H18N4O2S. The molecule has 0 aliphatic carbocycles. The Labute approximate surface area is 149 Å². The van der Waals surface area contributed by atoms with Gasteiger partial charge in [-0.05, 0) is 30.7 Å². The molecular weight excluding hydrogens is 336 g/mol. The summed E-state index contributed by atoms with van der Waals surface area (Å²) in [4.78, 5) is 16.1. The smallest absolute Gasteiger partial charge is 0.276 e. The molecule has 1 aromatic carbocycles. The summed E-state index contributed by atoms with van der Waals surface area (Å²) in [6.07, 6.45) is 4.11. The molecule has 1 saturated heterocycles. The predicted octanol–water partition coefficient (Wildman–Crippen LogP) is 3.18. The van der Waals surface area contributed by atoms with Gasteiger partial charge in [0.15, 0.2) is 5.69 Å². The third kappa shape index (κ3) is 3.46. The van der Waals surface area contributed by atoms with Crippen molar-refractivity contribution in [3.63, 3.8) is 0 Å². The number of carbonyl (C=O) groups excluding carboxylic acids is 1. The molecule has 1 fully saturated rings. The molecule has 3 aromatic rings. The average Bonchev–Trinajstić information content (AvgIpc) is 3.30. The SMILES string of the molecule is O=C(c1cnn(-c2ccccc2)n1)N1CCS[C@@H](c2ccco2)CC1. The molecule has 0 spiro atoms. The molecule has 0 radical (unpaired) electrons. The molecule has 128 valence electrons. The summed E-state index contributed by atoms with van der Waals surface area (Å²) in [6.45, 7) is 1.40. The van der Waals surface area contributed by atoms with Gasteiger partial charge in [0.05, 0.1) is 23.4 Å². The van der Waals surface area contributed by atoms with Gasteiger partial charge in [-0.25, -0.2) is 0 Å². The fraction of sp³-hybridized carbons (Fsp3) is 0.278. The first-order valence-corrected chi connectivity index (χ1v) is 9.28. The van der Waals surface area contributed by atoms with E-state index in [9.17, 15) is 4.79 Å². The van der Waals surface area contributed by atoms with Gasteiger partial charge in [0.25, 0.3) is 5.91 Å². The molecule has 4 rings (SSSR count). The van der Waals surface area contributed by atoms with Crippen LogP contribution in [0.15, 0.2) is 59.3 Å². The third-order valence-electron chi connectivity index (χ3n) is 4.19. The van der Waals surface area contributed by atoms with Crippen molar-refractivity contribution in [2.24, 2.45) is 0 Å². The Morgan fingerprint density at radius 3 is 2.84 bits per heavy atom. The van der Waals surface area contributed by atoms with E-state index in [0.717, 1.165) is 23.6 Å². The molecule has 0 N–H and O–H groups in total. The maximum Gasteiger partial charge on any atom is 0.276 e. The van der Waals surface area contributed by atoms with Gasteiger partial charge in [-0.1, -0.05) is 18.2 Å². The first-order valence-electron chi connectivity index (χ1n) is 8.23. The van der Waals surface area contributed by atoms with Gasteiger partial charge in [0.1, 0.15) is 5.76 Å². The van der Waals surface area contributed by atoms with Gasteiger partial charge in [-0.3, -0.25) is 4.79 Å². The van der Waals surface area contributed by atoms with Crippen LogP contribution in [0.1, 0.15) is 27.9 Å². The molecule has 2 aromatic heterocycles. The van der Waals surface area contributed by atoms with Gasteiger partial charge in [-0.15, -0.1) is 16.9 Å². The number of hydrogen-bond donors (Lipinski definition) is 0. The highest BCUT2D eigenvalue weighted by molar-refractivity contribution is 7.99. The van der Waals surface area contributed by atoms with Gasteiger partial charge in [0, 0.05) is 18.8 Å². The topological polar surface area (TPSA) is 64.2 Å². The van der Waals surface area contributed by atoms with Crippen molar-refractivity contribution < 1.29 is 9.21 Å². The summed E-state index contributed by atoms with van der Waals surface area (Å²) < 4.78 is 5.51. The van der Waals surface area contributed by atoms with Crippen molar-refractivity contribution in [1.82, 2.24) is 19.9 Å². The van der Waals surface area contributed by atoms with E-state index < -0.39 is 0 Å². The normalized spacial score (nSPS) is 18.1. The maximum atomic E-state index is 12.8. The number of nitrogens with zero attached hydrogens (tertiary/aromatic N) is 4. The first kappa shape index (κ1) is 16.0. The predicted molar refractivity (Wildman–Crippen MR) is 95.8 cm³/mol. The highest BCUT2D eigenvalue weighted by Crippen LogP contribution is 2.34. The van der Waals surface area contributed by atoms with Crippen molar-refractivity contribution in [2.75, 3.05) is 18.8 Å². The fourth-order valence-electron chi connectivity index (χ4n) is 2.88. The number of thioether (sulfide) groups is 1. The Kier molecular flexibility index (Phi) is 4.56. The van der Waals surface area contributed by atoms with E-state index in [1.54, 1.807) is 6.26 Å². The molecule has 1 amide bonds. The number of rotatable bonds is 3. The molecule has 1 aliphatic heterocycles. The van der Waals surface area contributed by atoms with Crippen molar-refractivity contribution in [3.05, 3.63) is 66.4 Å². The zero-order chi connectivity index (χ0) is 17.1. The molecule has 0 saturated carbocycles. The second kappa shape index (κ2) is 7.14. The standard InChI is InChI=1S/C18H18N4O2S/c23-18(15-13-19-22(20-15)14-5-2-1-3-6-14)21-9-8-17(25-12-10-21)16-7-4-11-24-16/h1-7,11,13,17H,8-10,12H2/t17-/m1/s1. The van der Waals surface area contributed by atoms with Crippen molar-refractivity contribution >= 4 is 17.7 Å². The lowest BCUT2D eigenvalue weighted by molar-refractivity contribution is 0.0759. The zero-order valence-electron chi connectivity index (χ0n) is 13.6. The molecule has 7 heteroatoms. The fourth-order valence-corrected chi connectivity index (χ4v) is 4.06. The number of amides is 1. The van der Waals surface area contributed by atoms with Gasteiger partial charge < -0.3 is 9.32 Å². The zero-order valence-corrected chi connectivity index (χ0v) is 14.4. The summed E-state index contributed by atoms with van der Waals surface area (Å²) in [5.74, 6) is 1.79. The van der Waals surface area contributed by atoms with Crippen LogP contribution in [0.5, 0.6) is 0 Å². The van der Waals surface area contributed by atoms with E-state index in [4.69, 9.17) is 4.42 Å². The highest BCUT2D eigenvalue weighted by Gasteiger charge is 2.25. The van der Waals surface area contributed by atoms with Gasteiger partial charge >= 0.3 is 0 Å². The summed E-state index contributed by atoms with van der Waals surface area (Å²) in [5, 5.41) is 8.86. The highest BCUT2D eigenvalue weighted by atomic mass is 32.2. The second-order valence-corrected chi connectivity index (χ2v) is 7.12.